The van der Waals surface area contributed by atoms with Crippen molar-refractivity contribution in [3.05, 3.63) is 33.1 Å². The Kier molecular flexibility index (Phi) is 2.52. The van der Waals surface area contributed by atoms with E-state index in [1.165, 1.54) is 0 Å². The number of hydrogen-bond donors (Lipinski definition) is 1. The van der Waals surface area contributed by atoms with E-state index in [9.17, 15) is 19.2 Å². The van der Waals surface area contributed by atoms with E-state index in [2.05, 4.69) is 9.68 Å². The second kappa shape index (κ2) is 3.87. The highest BCUT2D eigenvalue weighted by Crippen LogP contribution is 1.93. The highest BCUT2D eigenvalue weighted by molar-refractivity contribution is 5.82. The van der Waals surface area contributed by atoms with Gasteiger partial charge in [-0.3, -0.25) is 4.79 Å². The molecule has 1 atom stereocenters. The van der Waals surface area contributed by atoms with Gasteiger partial charge in [0.1, 0.15) is 6.04 Å². The van der Waals surface area contributed by atoms with Crippen molar-refractivity contribution >= 4 is 11.9 Å². The molecule has 1 aliphatic heterocycles. The first-order chi connectivity index (χ1) is 7.99. The molecule has 90 valence electrons. The van der Waals surface area contributed by atoms with Crippen LogP contribution in [-0.4, -0.2) is 27.4 Å². The minimum absolute atomic E-state index is 0.188. The van der Waals surface area contributed by atoms with E-state index in [4.69, 9.17) is 5.73 Å². The van der Waals surface area contributed by atoms with Gasteiger partial charge in [0, 0.05) is 6.07 Å². The highest BCUT2D eigenvalue weighted by Gasteiger charge is 2.25. The van der Waals surface area contributed by atoms with E-state index in [-0.39, 0.29) is 4.73 Å². The Balaban J connectivity index is 2.61. The molecule has 9 heteroatoms. The minimum atomic E-state index is -1.26. The molecule has 17 heavy (non-hydrogen) atoms. The van der Waals surface area contributed by atoms with E-state index in [0.29, 0.717) is 4.73 Å². The summed E-state index contributed by atoms with van der Waals surface area (Å²) in [5.41, 5.74) is 3.37. The first kappa shape index (κ1) is 11.1. The van der Waals surface area contributed by atoms with Crippen LogP contribution >= 0.6 is 0 Å². The first-order valence-electron chi connectivity index (χ1n) is 4.52. The lowest BCUT2D eigenvalue weighted by atomic mass is 10.2. The van der Waals surface area contributed by atoms with E-state index in [0.717, 1.165) is 12.3 Å². The maximum absolute atomic E-state index is 11.5. The van der Waals surface area contributed by atoms with Crippen molar-refractivity contribution in [2.24, 2.45) is 5.73 Å². The Morgan fingerprint density at radius 2 is 1.94 bits per heavy atom. The van der Waals surface area contributed by atoms with E-state index in [1.54, 1.807) is 0 Å². The summed E-state index contributed by atoms with van der Waals surface area (Å²) in [7, 11) is 0. The number of carbonyl (C=O) groups is 2. The standard InChI is InChI=1S/C8H7N3O6/c9-4-3-6(13)16-11-5(12)1-2-10(8(11)15)17-7(4)14/h1-2,4H,3,9H2. The van der Waals surface area contributed by atoms with Gasteiger partial charge in [0.05, 0.1) is 12.6 Å². The van der Waals surface area contributed by atoms with Crippen molar-refractivity contribution < 1.29 is 19.3 Å². The smallest absolute Gasteiger partial charge is 0.330 e. The zero-order valence-electron chi connectivity index (χ0n) is 8.36. The SMILES string of the molecule is NC1CC(=O)On2c(=O)ccn(c2=O)OC1=O. The van der Waals surface area contributed by atoms with Crippen LogP contribution in [0, 0.1) is 0 Å². The van der Waals surface area contributed by atoms with E-state index in [1.807, 2.05) is 0 Å². The van der Waals surface area contributed by atoms with Crippen LogP contribution in [0.2, 0.25) is 0 Å². The number of rotatable bonds is 0. The van der Waals surface area contributed by atoms with E-state index < -0.39 is 35.7 Å². The lowest BCUT2D eigenvalue weighted by molar-refractivity contribution is -0.149. The molecule has 2 heterocycles. The normalized spacial score (nSPS) is 19.7. The predicted octanol–water partition coefficient (Wildman–Crippen LogP) is -3.35. The van der Waals surface area contributed by atoms with Crippen molar-refractivity contribution in [2.75, 3.05) is 0 Å². The third-order valence-corrected chi connectivity index (χ3v) is 1.99. The molecule has 2 N–H and O–H groups in total. The van der Waals surface area contributed by atoms with Crippen LogP contribution in [0.25, 0.3) is 0 Å². The van der Waals surface area contributed by atoms with Crippen molar-refractivity contribution in [3.8, 4) is 0 Å². The maximum atomic E-state index is 11.5. The summed E-state index contributed by atoms with van der Waals surface area (Å²) < 4.78 is 0.649. The fourth-order valence-electron chi connectivity index (χ4n) is 1.17. The van der Waals surface area contributed by atoms with Crippen LogP contribution in [0.5, 0.6) is 0 Å². The molecular formula is C8H7N3O6. The maximum Gasteiger partial charge on any atom is 0.398 e. The van der Waals surface area contributed by atoms with E-state index >= 15 is 0 Å². The summed E-state index contributed by atoms with van der Waals surface area (Å²) in [6.45, 7) is 0. The second-order valence-electron chi connectivity index (χ2n) is 3.24. The molecule has 0 radical (unpaired) electrons. The summed E-state index contributed by atoms with van der Waals surface area (Å²) in [4.78, 5) is 54.4. The number of carbonyl (C=O) groups excluding carboxylic acids is 2. The molecular weight excluding hydrogens is 234 g/mol. The van der Waals surface area contributed by atoms with Gasteiger partial charge in [-0.05, 0) is 0 Å². The molecule has 0 aliphatic carbocycles. The van der Waals surface area contributed by atoms with Gasteiger partial charge < -0.3 is 15.4 Å². The van der Waals surface area contributed by atoms with Crippen LogP contribution < -0.4 is 26.7 Å². The average molecular weight is 241 g/mol. The zero-order chi connectivity index (χ0) is 12.6. The number of nitrogens with two attached hydrogens (primary N) is 1. The van der Waals surface area contributed by atoms with Gasteiger partial charge in [0.15, 0.2) is 0 Å². The molecule has 0 amide bonds. The molecule has 1 aliphatic rings. The van der Waals surface area contributed by atoms with Gasteiger partial charge in [0.2, 0.25) is 0 Å². The van der Waals surface area contributed by atoms with Gasteiger partial charge in [-0.25, -0.2) is 14.4 Å². The number of fused-ring (bicyclic) bond motifs is 2. The van der Waals surface area contributed by atoms with Crippen LogP contribution in [0.15, 0.2) is 21.9 Å². The lowest BCUT2D eigenvalue weighted by Crippen LogP contribution is -2.46. The summed E-state index contributed by atoms with van der Waals surface area (Å²) in [5.74, 6) is -1.95. The largest absolute Gasteiger partial charge is 0.398 e. The molecule has 2 bridgehead atoms. The Hall–Kier alpha value is -2.42. The van der Waals surface area contributed by atoms with Crippen LogP contribution in [0.1, 0.15) is 6.42 Å². The van der Waals surface area contributed by atoms with Gasteiger partial charge in [-0.1, -0.05) is 4.73 Å². The van der Waals surface area contributed by atoms with Gasteiger partial charge in [-0.15, -0.1) is 4.73 Å². The fraction of sp³-hybridized carbons (Fsp3) is 0.250. The average Bonchev–Trinajstić information content (AvgIpc) is 2.28. The number of nitrogens with zero attached hydrogens (tertiary/aromatic N) is 2. The fourth-order valence-corrected chi connectivity index (χ4v) is 1.17. The summed E-state index contributed by atoms with van der Waals surface area (Å²) in [5, 5.41) is 0. The summed E-state index contributed by atoms with van der Waals surface area (Å²) in [6.07, 6.45) is 0.439. The molecule has 9 nitrogen and oxygen atoms in total. The molecule has 2 rings (SSSR count). The Labute approximate surface area is 92.9 Å². The molecule has 0 fully saturated rings. The Morgan fingerprint density at radius 1 is 1.24 bits per heavy atom. The lowest BCUT2D eigenvalue weighted by Gasteiger charge is -2.07. The topological polar surface area (TPSA) is 123 Å². The monoisotopic (exact) mass is 241 g/mol. The van der Waals surface area contributed by atoms with Crippen molar-refractivity contribution in [1.29, 1.82) is 0 Å². The highest BCUT2D eigenvalue weighted by atomic mass is 16.7. The van der Waals surface area contributed by atoms with Crippen molar-refractivity contribution in [1.82, 2.24) is 9.46 Å². The molecule has 0 saturated heterocycles. The molecule has 1 aromatic rings. The van der Waals surface area contributed by atoms with Gasteiger partial charge in [0.25, 0.3) is 5.56 Å². The second-order valence-corrected chi connectivity index (χ2v) is 3.24. The first-order valence-corrected chi connectivity index (χ1v) is 4.52. The molecule has 0 saturated carbocycles. The van der Waals surface area contributed by atoms with Gasteiger partial charge >= 0.3 is 17.6 Å². The minimum Gasteiger partial charge on any atom is -0.330 e. The number of hydrogen-bond acceptors (Lipinski definition) is 7. The van der Waals surface area contributed by atoms with Crippen molar-refractivity contribution in [2.45, 2.75) is 12.5 Å². The zero-order valence-corrected chi connectivity index (χ0v) is 8.36. The molecule has 1 aromatic heterocycles. The third-order valence-electron chi connectivity index (χ3n) is 1.99. The van der Waals surface area contributed by atoms with Gasteiger partial charge in [-0.2, -0.15) is 0 Å². The van der Waals surface area contributed by atoms with Crippen LogP contribution in [-0.2, 0) is 9.59 Å². The number of aromatic nitrogens is 2. The quantitative estimate of drug-likeness (QED) is 0.503. The van der Waals surface area contributed by atoms with Crippen molar-refractivity contribution in [3.63, 3.8) is 0 Å². The molecule has 0 aromatic carbocycles. The Morgan fingerprint density at radius 3 is 2.65 bits per heavy atom. The summed E-state index contributed by atoms with van der Waals surface area (Å²) >= 11 is 0. The van der Waals surface area contributed by atoms with Crippen LogP contribution in [0.3, 0.4) is 0 Å². The van der Waals surface area contributed by atoms with Crippen LogP contribution in [0.4, 0.5) is 0 Å². The molecule has 1 unspecified atom stereocenters. The Bertz CT molecular complexity index is 600. The summed E-state index contributed by atoms with van der Waals surface area (Å²) in [6, 6.07) is -0.363. The third kappa shape index (κ3) is 1.95. The molecule has 0 spiro atoms. The predicted molar refractivity (Wildman–Crippen MR) is 50.7 cm³/mol.